The average molecular weight is 135 g/mol. The van der Waals surface area contributed by atoms with Crippen molar-refractivity contribution < 1.29 is 9.47 Å². The molecular weight excluding hydrogens is 124 g/mol. The SMILES string of the molecule is CCOC([S])OCC. The molecule has 8 heavy (non-hydrogen) atoms. The highest BCUT2D eigenvalue weighted by molar-refractivity contribution is 7.80. The molecular formula is C5H11O2S. The van der Waals surface area contributed by atoms with Gasteiger partial charge in [0.25, 0.3) is 0 Å². The Labute approximate surface area is 55.6 Å². The Morgan fingerprint density at radius 2 is 1.62 bits per heavy atom. The van der Waals surface area contributed by atoms with E-state index in [0.717, 1.165) is 0 Å². The molecule has 0 aliphatic rings. The van der Waals surface area contributed by atoms with Gasteiger partial charge in [0.15, 0.2) is 0 Å². The highest BCUT2D eigenvalue weighted by Crippen LogP contribution is 1.97. The third-order valence-electron chi connectivity index (χ3n) is 0.605. The Morgan fingerprint density at radius 1 is 1.25 bits per heavy atom. The first-order chi connectivity index (χ1) is 3.81. The van der Waals surface area contributed by atoms with Gasteiger partial charge in [0.2, 0.25) is 5.62 Å². The zero-order valence-corrected chi connectivity index (χ0v) is 6.03. The molecule has 1 radical (unpaired) electrons. The second-order valence-electron chi connectivity index (χ2n) is 1.20. The smallest absolute Gasteiger partial charge is 0.217 e. The monoisotopic (exact) mass is 135 g/mol. The third-order valence-corrected chi connectivity index (χ3v) is 0.878. The first-order valence-electron chi connectivity index (χ1n) is 2.70. The number of rotatable bonds is 4. The quantitative estimate of drug-likeness (QED) is 0.544. The molecule has 0 aromatic heterocycles. The summed E-state index contributed by atoms with van der Waals surface area (Å²) in [5, 5.41) is 0. The topological polar surface area (TPSA) is 18.5 Å². The predicted molar refractivity (Wildman–Crippen MR) is 34.6 cm³/mol. The van der Waals surface area contributed by atoms with Gasteiger partial charge >= 0.3 is 0 Å². The highest BCUT2D eigenvalue weighted by atomic mass is 32.1. The summed E-state index contributed by atoms with van der Waals surface area (Å²) in [6.07, 6.45) is 0. The maximum absolute atomic E-state index is 4.87. The molecule has 0 saturated carbocycles. The third kappa shape index (κ3) is 4.43. The van der Waals surface area contributed by atoms with E-state index in [-0.39, 0.29) is 0 Å². The molecule has 0 aromatic carbocycles. The van der Waals surface area contributed by atoms with Gasteiger partial charge < -0.3 is 9.47 Å². The maximum atomic E-state index is 4.87. The molecule has 0 bridgehead atoms. The van der Waals surface area contributed by atoms with Gasteiger partial charge in [0.1, 0.15) is 0 Å². The second kappa shape index (κ2) is 5.41. The number of ether oxygens (including phenoxy) is 2. The molecule has 0 saturated heterocycles. The lowest BCUT2D eigenvalue weighted by molar-refractivity contribution is -0.0722. The highest BCUT2D eigenvalue weighted by Gasteiger charge is 1.97. The van der Waals surface area contributed by atoms with E-state index in [1.807, 2.05) is 13.8 Å². The molecule has 3 heteroatoms. The first-order valence-corrected chi connectivity index (χ1v) is 3.17. The summed E-state index contributed by atoms with van der Waals surface area (Å²) in [6, 6.07) is 0. The summed E-state index contributed by atoms with van der Waals surface area (Å²) >= 11 is 4.69. The summed E-state index contributed by atoms with van der Waals surface area (Å²) < 4.78 is 9.75. The molecule has 0 N–H and O–H groups in total. The van der Waals surface area contributed by atoms with Crippen molar-refractivity contribution in [3.63, 3.8) is 0 Å². The molecule has 0 spiro atoms. The van der Waals surface area contributed by atoms with Gasteiger partial charge in [-0.15, -0.1) is 0 Å². The van der Waals surface area contributed by atoms with Crippen LogP contribution in [0.1, 0.15) is 13.8 Å². The second-order valence-corrected chi connectivity index (χ2v) is 1.58. The minimum absolute atomic E-state index is 0.454. The van der Waals surface area contributed by atoms with Gasteiger partial charge in [-0.05, 0) is 26.5 Å². The van der Waals surface area contributed by atoms with E-state index < -0.39 is 5.62 Å². The van der Waals surface area contributed by atoms with Crippen LogP contribution in [0.5, 0.6) is 0 Å². The Bertz CT molecular complexity index is 43.7. The van der Waals surface area contributed by atoms with Crippen molar-refractivity contribution in [1.29, 1.82) is 0 Å². The lowest BCUT2D eigenvalue weighted by atomic mass is 10.9. The van der Waals surface area contributed by atoms with Gasteiger partial charge in [-0.3, -0.25) is 0 Å². The summed E-state index contributed by atoms with van der Waals surface area (Å²) in [6.45, 7) is 5.01. The molecule has 0 rings (SSSR count). The molecule has 2 nitrogen and oxygen atoms in total. The standard InChI is InChI=1S/C5H11O2S/c1-3-6-5(8)7-4-2/h5H,3-4H2,1-2H3. The van der Waals surface area contributed by atoms with Crippen LogP contribution in [-0.4, -0.2) is 18.8 Å². The average Bonchev–Trinajstić information content (AvgIpc) is 1.68. The van der Waals surface area contributed by atoms with Crippen molar-refractivity contribution in [1.82, 2.24) is 0 Å². The summed E-state index contributed by atoms with van der Waals surface area (Å²) in [5.74, 6) is 0. The van der Waals surface area contributed by atoms with Crippen molar-refractivity contribution in [2.24, 2.45) is 0 Å². The normalized spacial score (nSPS) is 10.5. The van der Waals surface area contributed by atoms with Gasteiger partial charge in [0.05, 0.1) is 0 Å². The predicted octanol–water partition coefficient (Wildman–Crippen LogP) is 1.54. The molecule has 0 aromatic rings. The van der Waals surface area contributed by atoms with E-state index in [1.54, 1.807) is 0 Å². The van der Waals surface area contributed by atoms with Crippen molar-refractivity contribution in [3.8, 4) is 0 Å². The molecule has 0 fully saturated rings. The fourth-order valence-corrected chi connectivity index (χ4v) is 0.592. The lowest BCUT2D eigenvalue weighted by Gasteiger charge is -2.07. The minimum Gasteiger partial charge on any atom is -0.343 e. The maximum Gasteiger partial charge on any atom is 0.217 e. The molecule has 0 amide bonds. The van der Waals surface area contributed by atoms with Crippen LogP contribution in [-0.2, 0) is 9.47 Å². The van der Waals surface area contributed by atoms with Crippen LogP contribution in [0.15, 0.2) is 0 Å². The van der Waals surface area contributed by atoms with E-state index in [2.05, 4.69) is 0 Å². The van der Waals surface area contributed by atoms with Gasteiger partial charge in [-0.1, -0.05) is 0 Å². The molecule has 0 heterocycles. The summed E-state index contributed by atoms with van der Waals surface area (Å²) in [5.41, 5.74) is -0.454. The number of hydrogen-bond acceptors (Lipinski definition) is 2. The van der Waals surface area contributed by atoms with Crippen LogP contribution in [0.3, 0.4) is 0 Å². The Morgan fingerprint density at radius 3 is 1.88 bits per heavy atom. The molecule has 49 valence electrons. The largest absolute Gasteiger partial charge is 0.343 e. The zero-order chi connectivity index (χ0) is 6.41. The lowest BCUT2D eigenvalue weighted by Crippen LogP contribution is -2.08. The van der Waals surface area contributed by atoms with Crippen LogP contribution in [0, 0.1) is 0 Å². The fraction of sp³-hybridized carbons (Fsp3) is 1.00. The van der Waals surface area contributed by atoms with Gasteiger partial charge in [0, 0.05) is 13.2 Å². The molecule has 0 unspecified atom stereocenters. The van der Waals surface area contributed by atoms with E-state index >= 15 is 0 Å². The molecule has 0 aliphatic carbocycles. The fourth-order valence-electron chi connectivity index (χ4n) is 0.320. The zero-order valence-electron chi connectivity index (χ0n) is 5.22. The minimum atomic E-state index is -0.454. The summed E-state index contributed by atoms with van der Waals surface area (Å²) in [7, 11) is 0. The van der Waals surface area contributed by atoms with Crippen molar-refractivity contribution in [3.05, 3.63) is 0 Å². The Kier molecular flexibility index (Phi) is 5.59. The van der Waals surface area contributed by atoms with Crippen LogP contribution >= 0.6 is 12.6 Å². The van der Waals surface area contributed by atoms with E-state index in [1.165, 1.54) is 0 Å². The number of hydrogen-bond donors (Lipinski definition) is 0. The van der Waals surface area contributed by atoms with Crippen molar-refractivity contribution >= 4 is 12.6 Å². The first kappa shape index (κ1) is 8.27. The molecule has 0 aliphatic heterocycles. The van der Waals surface area contributed by atoms with Crippen LogP contribution in [0.25, 0.3) is 0 Å². The van der Waals surface area contributed by atoms with Gasteiger partial charge in [-0.25, -0.2) is 0 Å². The van der Waals surface area contributed by atoms with Gasteiger partial charge in [-0.2, -0.15) is 0 Å². The van der Waals surface area contributed by atoms with Crippen molar-refractivity contribution in [2.45, 2.75) is 19.5 Å². The van der Waals surface area contributed by atoms with E-state index in [4.69, 9.17) is 22.1 Å². The van der Waals surface area contributed by atoms with Crippen LogP contribution in [0.4, 0.5) is 0 Å². The Balaban J connectivity index is 2.92. The van der Waals surface area contributed by atoms with E-state index in [0.29, 0.717) is 13.2 Å². The van der Waals surface area contributed by atoms with Crippen LogP contribution < -0.4 is 0 Å². The summed E-state index contributed by atoms with van der Waals surface area (Å²) in [4.78, 5) is 0. The Hall–Kier alpha value is 0.270. The van der Waals surface area contributed by atoms with E-state index in [9.17, 15) is 0 Å². The van der Waals surface area contributed by atoms with Crippen LogP contribution in [0.2, 0.25) is 0 Å². The molecule has 0 atom stereocenters. The van der Waals surface area contributed by atoms with Crippen molar-refractivity contribution in [2.75, 3.05) is 13.2 Å².